The third-order valence-electron chi connectivity index (χ3n) is 6.38. The van der Waals surface area contributed by atoms with Gasteiger partial charge in [0.2, 0.25) is 0 Å². The Kier molecular flexibility index (Phi) is 8.19. The van der Waals surface area contributed by atoms with Crippen molar-refractivity contribution in [2.75, 3.05) is 13.7 Å². The van der Waals surface area contributed by atoms with Gasteiger partial charge in [-0.05, 0) is 95.7 Å². The Morgan fingerprint density at radius 2 is 1.50 bits per heavy atom. The number of carbonyl (C=O) groups is 1. The van der Waals surface area contributed by atoms with E-state index >= 15 is 0 Å². The highest BCUT2D eigenvalue weighted by Crippen LogP contribution is 2.33. The molecule has 0 aliphatic carbocycles. The molecule has 0 aliphatic heterocycles. The van der Waals surface area contributed by atoms with Gasteiger partial charge in [0.25, 0.3) is 0 Å². The predicted molar refractivity (Wildman–Crippen MR) is 141 cm³/mol. The van der Waals surface area contributed by atoms with E-state index in [0.29, 0.717) is 18.1 Å². The molecular weight excluding hydrogens is 420 g/mol. The topological polar surface area (TPSA) is 35.5 Å². The van der Waals surface area contributed by atoms with Gasteiger partial charge < -0.3 is 9.47 Å². The first kappa shape index (κ1) is 25.6. The van der Waals surface area contributed by atoms with Crippen molar-refractivity contribution in [1.82, 2.24) is 0 Å². The maximum Gasteiger partial charge on any atom is 0.337 e. The predicted octanol–water partition coefficient (Wildman–Crippen LogP) is 7.70. The van der Waals surface area contributed by atoms with Crippen LogP contribution in [0.15, 0.2) is 60.7 Å². The summed E-state index contributed by atoms with van der Waals surface area (Å²) in [6, 6.07) is 20.9. The Morgan fingerprint density at radius 1 is 0.912 bits per heavy atom. The Labute approximate surface area is 205 Å². The van der Waals surface area contributed by atoms with Gasteiger partial charge in [0, 0.05) is 0 Å². The Bertz CT molecular complexity index is 1080. The van der Waals surface area contributed by atoms with Gasteiger partial charge in [0.15, 0.2) is 0 Å². The summed E-state index contributed by atoms with van der Waals surface area (Å²) in [7, 11) is 1.40. The zero-order valence-electron chi connectivity index (χ0n) is 21.7. The number of benzene rings is 3. The van der Waals surface area contributed by atoms with Crippen LogP contribution in [0.3, 0.4) is 0 Å². The van der Waals surface area contributed by atoms with E-state index in [1.165, 1.54) is 40.5 Å². The Hall–Kier alpha value is -3.07. The second-order valence-electron chi connectivity index (χ2n) is 10.4. The summed E-state index contributed by atoms with van der Waals surface area (Å²) in [6.45, 7) is 13.9. The molecule has 3 aromatic rings. The highest BCUT2D eigenvalue weighted by atomic mass is 16.5. The van der Waals surface area contributed by atoms with Crippen molar-refractivity contribution in [2.45, 2.75) is 59.8 Å². The van der Waals surface area contributed by atoms with Crippen LogP contribution in [0.2, 0.25) is 0 Å². The maximum absolute atomic E-state index is 11.6. The third kappa shape index (κ3) is 6.50. The summed E-state index contributed by atoms with van der Waals surface area (Å²) in [4.78, 5) is 11.6. The van der Waals surface area contributed by atoms with Crippen LogP contribution in [0.4, 0.5) is 0 Å². The molecule has 0 N–H and O–H groups in total. The van der Waals surface area contributed by atoms with E-state index < -0.39 is 0 Å². The first-order chi connectivity index (χ1) is 16.1. The minimum Gasteiger partial charge on any atom is -0.493 e. The minimum atomic E-state index is -0.299. The monoisotopic (exact) mass is 458 g/mol. The van der Waals surface area contributed by atoms with Crippen LogP contribution >= 0.6 is 0 Å². The van der Waals surface area contributed by atoms with Crippen LogP contribution in [0.5, 0.6) is 5.75 Å². The van der Waals surface area contributed by atoms with Gasteiger partial charge in [0.05, 0.1) is 19.3 Å². The van der Waals surface area contributed by atoms with E-state index in [4.69, 9.17) is 9.47 Å². The smallest absolute Gasteiger partial charge is 0.337 e. The average Bonchev–Trinajstić information content (AvgIpc) is 2.80. The molecule has 0 amide bonds. The maximum atomic E-state index is 11.6. The molecule has 0 heterocycles. The number of hydrogen-bond donors (Lipinski definition) is 0. The van der Waals surface area contributed by atoms with Crippen LogP contribution in [0.25, 0.3) is 11.1 Å². The number of rotatable bonds is 8. The van der Waals surface area contributed by atoms with Crippen molar-refractivity contribution in [3.8, 4) is 16.9 Å². The lowest BCUT2D eigenvalue weighted by atomic mass is 9.85. The molecule has 3 nitrogen and oxygen atoms in total. The standard InChI is InChI=1S/C31H38O3/c1-21(8-9-24-10-12-26(13-11-24)30(32)33-7)20-34-28-18-22(2)29(23(3)19-28)25-14-16-27(17-15-25)31(4,5)6/h10-19,21H,8-9,20H2,1-7H3. The molecule has 0 fully saturated rings. The number of aryl methyl sites for hydroxylation is 3. The number of methoxy groups -OCH3 is 1. The number of esters is 1. The number of ether oxygens (including phenoxy) is 2. The fourth-order valence-corrected chi connectivity index (χ4v) is 4.26. The van der Waals surface area contributed by atoms with E-state index in [0.717, 1.165) is 18.6 Å². The Morgan fingerprint density at radius 3 is 2.03 bits per heavy atom. The van der Waals surface area contributed by atoms with E-state index in [-0.39, 0.29) is 11.4 Å². The lowest BCUT2D eigenvalue weighted by Crippen LogP contribution is -2.10. The van der Waals surface area contributed by atoms with E-state index in [1.807, 2.05) is 24.3 Å². The molecule has 3 heteroatoms. The van der Waals surface area contributed by atoms with Crippen molar-refractivity contribution in [3.63, 3.8) is 0 Å². The summed E-state index contributed by atoms with van der Waals surface area (Å²) < 4.78 is 10.9. The molecule has 0 bridgehead atoms. The third-order valence-corrected chi connectivity index (χ3v) is 6.38. The van der Waals surface area contributed by atoms with Gasteiger partial charge in [-0.2, -0.15) is 0 Å². The molecule has 3 rings (SSSR count). The fraction of sp³-hybridized carbons (Fsp3) is 0.387. The number of carbonyl (C=O) groups excluding carboxylic acids is 1. The van der Waals surface area contributed by atoms with Crippen molar-refractivity contribution in [2.24, 2.45) is 5.92 Å². The van der Waals surface area contributed by atoms with Crippen LogP contribution in [-0.4, -0.2) is 19.7 Å². The van der Waals surface area contributed by atoms with Gasteiger partial charge in [0.1, 0.15) is 5.75 Å². The first-order valence-electron chi connectivity index (χ1n) is 12.1. The summed E-state index contributed by atoms with van der Waals surface area (Å²) in [6.07, 6.45) is 1.97. The molecule has 0 aliphatic rings. The molecule has 1 unspecified atom stereocenters. The molecule has 0 saturated heterocycles. The highest BCUT2D eigenvalue weighted by molar-refractivity contribution is 5.89. The number of hydrogen-bond acceptors (Lipinski definition) is 3. The van der Waals surface area contributed by atoms with Crippen molar-refractivity contribution < 1.29 is 14.3 Å². The zero-order chi connectivity index (χ0) is 24.9. The fourth-order valence-electron chi connectivity index (χ4n) is 4.26. The van der Waals surface area contributed by atoms with E-state index in [1.54, 1.807) is 0 Å². The molecule has 34 heavy (non-hydrogen) atoms. The van der Waals surface area contributed by atoms with Crippen molar-refractivity contribution in [3.05, 3.63) is 88.5 Å². The quantitative estimate of drug-likeness (QED) is 0.324. The van der Waals surface area contributed by atoms with Crippen LogP contribution in [0.1, 0.15) is 66.7 Å². The highest BCUT2D eigenvalue weighted by Gasteiger charge is 2.15. The van der Waals surface area contributed by atoms with Gasteiger partial charge in [-0.25, -0.2) is 4.79 Å². The van der Waals surface area contributed by atoms with Crippen molar-refractivity contribution in [1.29, 1.82) is 0 Å². The Balaban J connectivity index is 1.58. The SMILES string of the molecule is COC(=O)c1ccc(CCC(C)COc2cc(C)c(-c3ccc(C(C)(C)C)cc3)c(C)c2)cc1. The van der Waals surface area contributed by atoms with Gasteiger partial charge in [-0.15, -0.1) is 0 Å². The average molecular weight is 459 g/mol. The lowest BCUT2D eigenvalue weighted by molar-refractivity contribution is 0.0600. The molecule has 0 aromatic heterocycles. The van der Waals surface area contributed by atoms with E-state index in [9.17, 15) is 4.79 Å². The van der Waals surface area contributed by atoms with E-state index in [2.05, 4.69) is 77.9 Å². The molecule has 180 valence electrons. The molecule has 0 radical (unpaired) electrons. The normalized spacial score (nSPS) is 12.3. The first-order valence-corrected chi connectivity index (χ1v) is 12.1. The van der Waals surface area contributed by atoms with Crippen molar-refractivity contribution >= 4 is 5.97 Å². The van der Waals surface area contributed by atoms with Gasteiger partial charge in [-0.1, -0.05) is 64.1 Å². The van der Waals surface area contributed by atoms with Crippen LogP contribution in [-0.2, 0) is 16.6 Å². The summed E-state index contributed by atoms with van der Waals surface area (Å²) in [5.74, 6) is 1.05. The summed E-state index contributed by atoms with van der Waals surface area (Å²) >= 11 is 0. The van der Waals surface area contributed by atoms with Gasteiger partial charge >= 0.3 is 5.97 Å². The summed E-state index contributed by atoms with van der Waals surface area (Å²) in [5.41, 5.74) is 8.31. The second kappa shape index (κ2) is 10.9. The summed E-state index contributed by atoms with van der Waals surface area (Å²) in [5, 5.41) is 0. The van der Waals surface area contributed by atoms with Crippen LogP contribution in [0, 0.1) is 19.8 Å². The van der Waals surface area contributed by atoms with Crippen LogP contribution < -0.4 is 4.74 Å². The molecular formula is C31H38O3. The largest absolute Gasteiger partial charge is 0.493 e. The molecule has 0 saturated carbocycles. The second-order valence-corrected chi connectivity index (χ2v) is 10.4. The van der Waals surface area contributed by atoms with Gasteiger partial charge in [-0.3, -0.25) is 0 Å². The molecule has 0 spiro atoms. The molecule has 3 aromatic carbocycles. The zero-order valence-corrected chi connectivity index (χ0v) is 21.7. The molecule has 1 atom stereocenters. The minimum absolute atomic E-state index is 0.156. The lowest BCUT2D eigenvalue weighted by Gasteiger charge is -2.20.